The van der Waals surface area contributed by atoms with Crippen molar-refractivity contribution in [1.82, 2.24) is 0 Å². The molecule has 0 saturated carbocycles. The van der Waals surface area contributed by atoms with E-state index in [0.29, 0.717) is 11.7 Å². The maximum atomic E-state index is 11.4. The van der Waals surface area contributed by atoms with Gasteiger partial charge in [0.25, 0.3) is 0 Å². The van der Waals surface area contributed by atoms with Gasteiger partial charge >= 0.3 is 0 Å². The molecular weight excluding hydrogens is 136 g/mol. The molecule has 60 valence electrons. The van der Waals surface area contributed by atoms with E-state index in [1.807, 2.05) is 0 Å². The van der Waals surface area contributed by atoms with E-state index in [4.69, 9.17) is 0 Å². The lowest BCUT2D eigenvalue weighted by molar-refractivity contribution is -0.116. The summed E-state index contributed by atoms with van der Waals surface area (Å²) in [6, 6.07) is 0. The van der Waals surface area contributed by atoms with Gasteiger partial charge in [-0.15, -0.1) is 0 Å². The number of ketones is 1. The molecule has 0 spiro atoms. The maximum Gasteiger partial charge on any atom is 0.159 e. The topological polar surface area (TPSA) is 17.1 Å². The summed E-state index contributed by atoms with van der Waals surface area (Å²) in [7, 11) is 0. The van der Waals surface area contributed by atoms with Crippen LogP contribution in [-0.4, -0.2) is 5.78 Å². The Morgan fingerprint density at radius 1 is 1.27 bits per heavy atom. The molecule has 0 heterocycles. The number of rotatable bonds is 0. The lowest BCUT2D eigenvalue weighted by atomic mass is 9.89. The summed E-state index contributed by atoms with van der Waals surface area (Å²) in [5.41, 5.74) is 2.69. The van der Waals surface area contributed by atoms with Gasteiger partial charge in [0.1, 0.15) is 0 Å². The normalized spacial score (nSPS) is 31.0. The van der Waals surface area contributed by atoms with Crippen LogP contribution in [0.15, 0.2) is 11.1 Å². The summed E-state index contributed by atoms with van der Waals surface area (Å²) in [5, 5.41) is 0. The van der Waals surface area contributed by atoms with E-state index >= 15 is 0 Å². The highest BCUT2D eigenvalue weighted by Gasteiger charge is 2.29. The monoisotopic (exact) mass is 150 g/mol. The minimum atomic E-state index is 0.441. The molecule has 2 aliphatic carbocycles. The zero-order valence-electron chi connectivity index (χ0n) is 7.02. The van der Waals surface area contributed by atoms with Crippen LogP contribution >= 0.6 is 0 Å². The Morgan fingerprint density at radius 2 is 2.09 bits per heavy atom. The number of allylic oxidation sites excluding steroid dienone is 2. The van der Waals surface area contributed by atoms with Crippen LogP contribution < -0.4 is 0 Å². The second-order valence-electron chi connectivity index (χ2n) is 3.73. The van der Waals surface area contributed by atoms with Gasteiger partial charge < -0.3 is 0 Å². The second kappa shape index (κ2) is 2.47. The smallest absolute Gasteiger partial charge is 0.159 e. The fourth-order valence-corrected chi connectivity index (χ4v) is 2.35. The van der Waals surface area contributed by atoms with Crippen molar-refractivity contribution in [2.24, 2.45) is 5.92 Å². The minimum absolute atomic E-state index is 0.441. The Hall–Kier alpha value is -0.590. The molecule has 1 nitrogen and oxygen atoms in total. The zero-order valence-corrected chi connectivity index (χ0v) is 7.02. The highest BCUT2D eigenvalue weighted by molar-refractivity contribution is 5.97. The molecule has 0 fully saturated rings. The van der Waals surface area contributed by atoms with Gasteiger partial charge in [-0.05, 0) is 37.2 Å². The minimum Gasteiger partial charge on any atom is -0.295 e. The average molecular weight is 150 g/mol. The first-order valence-electron chi connectivity index (χ1n) is 4.54. The lowest BCUT2D eigenvalue weighted by Gasteiger charge is -2.14. The summed E-state index contributed by atoms with van der Waals surface area (Å²) >= 11 is 0. The molecule has 0 aliphatic heterocycles. The number of hydrogen-bond acceptors (Lipinski definition) is 1. The van der Waals surface area contributed by atoms with Gasteiger partial charge in [0, 0.05) is 6.42 Å². The van der Waals surface area contributed by atoms with E-state index in [1.54, 1.807) is 0 Å². The van der Waals surface area contributed by atoms with Gasteiger partial charge in [-0.2, -0.15) is 0 Å². The van der Waals surface area contributed by atoms with Crippen LogP contribution in [0.1, 0.15) is 39.0 Å². The van der Waals surface area contributed by atoms with E-state index in [0.717, 1.165) is 12.8 Å². The number of carbonyl (C=O) groups is 1. The van der Waals surface area contributed by atoms with E-state index in [-0.39, 0.29) is 0 Å². The van der Waals surface area contributed by atoms with Gasteiger partial charge in [0.2, 0.25) is 0 Å². The molecule has 0 amide bonds. The summed E-state index contributed by atoms with van der Waals surface area (Å²) < 4.78 is 0. The summed E-state index contributed by atoms with van der Waals surface area (Å²) in [6.45, 7) is 2.19. The van der Waals surface area contributed by atoms with Gasteiger partial charge in [-0.25, -0.2) is 0 Å². The van der Waals surface area contributed by atoms with Crippen LogP contribution in [0.2, 0.25) is 0 Å². The van der Waals surface area contributed by atoms with Crippen LogP contribution in [0, 0.1) is 5.92 Å². The largest absolute Gasteiger partial charge is 0.295 e. The van der Waals surface area contributed by atoms with Crippen molar-refractivity contribution in [1.29, 1.82) is 0 Å². The van der Waals surface area contributed by atoms with Crippen molar-refractivity contribution in [2.75, 3.05) is 0 Å². The van der Waals surface area contributed by atoms with Crippen LogP contribution in [0.5, 0.6) is 0 Å². The van der Waals surface area contributed by atoms with Crippen LogP contribution in [0.3, 0.4) is 0 Å². The number of carbonyl (C=O) groups excluding carboxylic acids is 1. The molecule has 0 N–H and O–H groups in total. The molecule has 0 saturated heterocycles. The van der Waals surface area contributed by atoms with Gasteiger partial charge in [-0.3, -0.25) is 4.79 Å². The van der Waals surface area contributed by atoms with E-state index in [2.05, 4.69) is 6.92 Å². The number of Topliss-reactive ketones (excluding diaryl/α,β-unsaturated/α-hetero) is 1. The van der Waals surface area contributed by atoms with Crippen LogP contribution in [0.25, 0.3) is 0 Å². The quantitative estimate of drug-likeness (QED) is 0.518. The first-order valence-corrected chi connectivity index (χ1v) is 4.54. The average Bonchev–Trinajstić information content (AvgIpc) is 2.34. The second-order valence-corrected chi connectivity index (χ2v) is 3.73. The first-order chi connectivity index (χ1) is 5.29. The Labute approximate surface area is 67.5 Å². The van der Waals surface area contributed by atoms with Crippen molar-refractivity contribution in [3.8, 4) is 0 Å². The molecule has 0 bridgehead atoms. The molecule has 0 aromatic heterocycles. The van der Waals surface area contributed by atoms with Crippen LogP contribution in [0.4, 0.5) is 0 Å². The highest BCUT2D eigenvalue weighted by Crippen LogP contribution is 2.38. The number of hydrogen-bond donors (Lipinski definition) is 0. The SMILES string of the molecule is CC1CCC2=C1C(=O)CCC2. The Bertz CT molecular complexity index is 225. The van der Waals surface area contributed by atoms with E-state index in [1.165, 1.54) is 30.4 Å². The Kier molecular flexibility index (Phi) is 1.59. The molecule has 2 aliphatic rings. The van der Waals surface area contributed by atoms with Crippen molar-refractivity contribution in [2.45, 2.75) is 39.0 Å². The van der Waals surface area contributed by atoms with Crippen molar-refractivity contribution >= 4 is 5.78 Å². The third-order valence-corrected chi connectivity index (χ3v) is 2.94. The van der Waals surface area contributed by atoms with E-state index in [9.17, 15) is 4.79 Å². The highest BCUT2D eigenvalue weighted by atomic mass is 16.1. The van der Waals surface area contributed by atoms with Crippen molar-refractivity contribution < 1.29 is 4.79 Å². The molecule has 0 aromatic rings. The summed E-state index contributed by atoms with van der Waals surface area (Å²) in [6.07, 6.45) is 5.53. The molecular formula is C10H14O. The molecule has 1 unspecified atom stereocenters. The predicted octanol–water partition coefficient (Wildman–Crippen LogP) is 2.47. The predicted molar refractivity (Wildman–Crippen MR) is 44.3 cm³/mol. The molecule has 0 radical (unpaired) electrons. The third-order valence-electron chi connectivity index (χ3n) is 2.94. The Balaban J connectivity index is 2.34. The van der Waals surface area contributed by atoms with Gasteiger partial charge in [-0.1, -0.05) is 12.5 Å². The summed E-state index contributed by atoms with van der Waals surface area (Å²) in [5.74, 6) is 1.01. The fraction of sp³-hybridized carbons (Fsp3) is 0.700. The Morgan fingerprint density at radius 3 is 2.82 bits per heavy atom. The maximum absolute atomic E-state index is 11.4. The lowest BCUT2D eigenvalue weighted by Crippen LogP contribution is -2.11. The third kappa shape index (κ3) is 1.03. The molecule has 1 heteroatoms. The van der Waals surface area contributed by atoms with Crippen LogP contribution in [-0.2, 0) is 4.79 Å². The zero-order chi connectivity index (χ0) is 7.84. The van der Waals surface area contributed by atoms with Gasteiger partial charge in [0.05, 0.1) is 0 Å². The van der Waals surface area contributed by atoms with E-state index < -0.39 is 0 Å². The molecule has 0 aromatic carbocycles. The summed E-state index contributed by atoms with van der Waals surface area (Å²) in [4.78, 5) is 11.4. The molecule has 1 atom stereocenters. The first kappa shape index (κ1) is 7.08. The van der Waals surface area contributed by atoms with Crippen molar-refractivity contribution in [3.63, 3.8) is 0 Å². The van der Waals surface area contributed by atoms with Gasteiger partial charge in [0.15, 0.2) is 5.78 Å². The fourth-order valence-electron chi connectivity index (χ4n) is 2.35. The molecule has 2 rings (SSSR count). The van der Waals surface area contributed by atoms with Crippen molar-refractivity contribution in [3.05, 3.63) is 11.1 Å². The standard InChI is InChI=1S/C10H14O/c1-7-5-6-8-3-2-4-9(11)10(7)8/h7H,2-6H2,1H3. The molecule has 11 heavy (non-hydrogen) atoms.